The number of fused-ring (bicyclic) bond motifs is 2. The Bertz CT molecular complexity index is 1880. The van der Waals surface area contributed by atoms with Crippen LogP contribution in [0.25, 0.3) is 21.9 Å². The standard InChI is InChI=1S/C26H15F3N6O3S/c27-26(28,29)15-6-3-7-16(11-15)31-19(36)13-34-18-9-2-1-8-17(18)20(23(34)37)21-24(38)35-25(39-21)32-22(33-35)14-5-4-10-30-12-14/h1-12H,13H2,(H,31,36)/b21-20-. The molecular weight excluding hydrogens is 533 g/mol. The van der Waals surface area contributed by atoms with Crippen molar-refractivity contribution in [1.29, 1.82) is 0 Å². The van der Waals surface area contributed by atoms with Crippen molar-refractivity contribution in [2.75, 3.05) is 16.8 Å². The number of pyridine rings is 1. The Kier molecular flexibility index (Phi) is 5.72. The molecule has 1 aliphatic rings. The van der Waals surface area contributed by atoms with Gasteiger partial charge < -0.3 is 5.32 Å². The van der Waals surface area contributed by atoms with E-state index in [9.17, 15) is 27.6 Å². The highest BCUT2D eigenvalue weighted by Crippen LogP contribution is 2.35. The number of halogens is 3. The van der Waals surface area contributed by atoms with Crippen LogP contribution < -0.4 is 20.3 Å². The molecule has 9 nitrogen and oxygen atoms in total. The summed E-state index contributed by atoms with van der Waals surface area (Å²) in [4.78, 5) is 49.5. The van der Waals surface area contributed by atoms with Crippen molar-refractivity contribution >= 4 is 45.1 Å². The quantitative estimate of drug-likeness (QED) is 0.370. The zero-order valence-corrected chi connectivity index (χ0v) is 20.5. The highest BCUT2D eigenvalue weighted by Gasteiger charge is 2.36. The van der Waals surface area contributed by atoms with E-state index in [2.05, 4.69) is 20.4 Å². The summed E-state index contributed by atoms with van der Waals surface area (Å²) < 4.78 is 40.4. The highest BCUT2D eigenvalue weighted by molar-refractivity contribution is 7.15. The van der Waals surface area contributed by atoms with Gasteiger partial charge in [0, 0.05) is 29.2 Å². The number of benzene rings is 2. The van der Waals surface area contributed by atoms with Gasteiger partial charge >= 0.3 is 6.18 Å². The minimum atomic E-state index is -4.57. The van der Waals surface area contributed by atoms with Gasteiger partial charge in [-0.1, -0.05) is 35.6 Å². The van der Waals surface area contributed by atoms with Gasteiger partial charge in [-0.05, 0) is 36.4 Å². The zero-order valence-electron chi connectivity index (χ0n) is 19.6. The maximum Gasteiger partial charge on any atom is 0.416 e. The lowest BCUT2D eigenvalue weighted by Crippen LogP contribution is -2.37. The number of amides is 2. The normalized spacial score (nSPS) is 14.6. The molecule has 0 saturated carbocycles. The van der Waals surface area contributed by atoms with Crippen LogP contribution in [0.15, 0.2) is 77.9 Å². The molecule has 0 aliphatic carbocycles. The molecule has 5 aromatic rings. The van der Waals surface area contributed by atoms with Gasteiger partial charge in [0.1, 0.15) is 11.1 Å². The first-order valence-corrected chi connectivity index (χ1v) is 12.2. The molecule has 0 fully saturated rings. The first-order valence-electron chi connectivity index (χ1n) is 11.4. The molecule has 0 saturated heterocycles. The lowest BCUT2D eigenvalue weighted by Gasteiger charge is -2.17. The summed E-state index contributed by atoms with van der Waals surface area (Å²) in [5.74, 6) is -0.983. The number of aromatic nitrogens is 4. The summed E-state index contributed by atoms with van der Waals surface area (Å²) in [6, 6.07) is 14.3. The molecule has 4 heterocycles. The SMILES string of the molecule is O=C(CN1C(=O)/C(=c2\sc3nc(-c4cccnc4)nn3c2=O)c2ccccc21)Nc1cccc(C(F)(F)F)c1. The summed E-state index contributed by atoms with van der Waals surface area (Å²) in [5, 5.41) is 6.68. The number of rotatable bonds is 4. The van der Waals surface area contributed by atoms with E-state index in [0.29, 0.717) is 22.6 Å². The Morgan fingerprint density at radius 1 is 1.03 bits per heavy atom. The summed E-state index contributed by atoms with van der Waals surface area (Å²) in [6.45, 7) is -0.476. The average molecular weight is 549 g/mol. The Morgan fingerprint density at radius 3 is 2.59 bits per heavy atom. The van der Waals surface area contributed by atoms with E-state index in [1.54, 1.807) is 48.8 Å². The first kappa shape index (κ1) is 24.4. The third-order valence-electron chi connectivity index (χ3n) is 6.00. The van der Waals surface area contributed by atoms with Gasteiger partial charge in [0.15, 0.2) is 5.82 Å². The third-order valence-corrected chi connectivity index (χ3v) is 7.03. The molecule has 0 spiro atoms. The van der Waals surface area contributed by atoms with Crippen LogP contribution >= 0.6 is 11.3 Å². The Morgan fingerprint density at radius 2 is 1.85 bits per heavy atom. The second-order valence-electron chi connectivity index (χ2n) is 8.52. The number of carbonyl (C=O) groups excluding carboxylic acids is 2. The van der Waals surface area contributed by atoms with Gasteiger partial charge in [-0.15, -0.1) is 5.10 Å². The zero-order chi connectivity index (χ0) is 27.3. The summed E-state index contributed by atoms with van der Waals surface area (Å²) in [7, 11) is 0. The Labute approximate surface area is 220 Å². The summed E-state index contributed by atoms with van der Waals surface area (Å²) in [6.07, 6.45) is -1.40. The summed E-state index contributed by atoms with van der Waals surface area (Å²) >= 11 is 0.996. The van der Waals surface area contributed by atoms with Crippen LogP contribution in [0.1, 0.15) is 11.1 Å². The van der Waals surface area contributed by atoms with Crippen molar-refractivity contribution in [1.82, 2.24) is 19.6 Å². The lowest BCUT2D eigenvalue weighted by atomic mass is 10.1. The maximum absolute atomic E-state index is 13.5. The van der Waals surface area contributed by atoms with E-state index in [4.69, 9.17) is 0 Å². The molecule has 194 valence electrons. The van der Waals surface area contributed by atoms with E-state index in [-0.39, 0.29) is 20.8 Å². The Balaban J connectivity index is 1.35. The van der Waals surface area contributed by atoms with Crippen LogP contribution in [-0.2, 0) is 15.8 Å². The molecule has 2 amide bonds. The van der Waals surface area contributed by atoms with E-state index in [0.717, 1.165) is 28.0 Å². The number of thiazole rings is 1. The average Bonchev–Trinajstić information content (AvgIpc) is 3.55. The van der Waals surface area contributed by atoms with Crippen LogP contribution in [0.2, 0.25) is 0 Å². The molecule has 6 rings (SSSR count). The second-order valence-corrected chi connectivity index (χ2v) is 9.50. The molecular formula is C26H15F3N6O3S. The van der Waals surface area contributed by atoms with Crippen molar-refractivity contribution in [3.63, 3.8) is 0 Å². The number of nitrogens with zero attached hydrogens (tertiary/aromatic N) is 5. The largest absolute Gasteiger partial charge is 0.416 e. The summed E-state index contributed by atoms with van der Waals surface area (Å²) in [5.41, 5.74) is 0.0610. The van der Waals surface area contributed by atoms with Gasteiger partial charge in [0.05, 0.1) is 16.8 Å². The van der Waals surface area contributed by atoms with Crippen molar-refractivity contribution in [2.24, 2.45) is 0 Å². The van der Waals surface area contributed by atoms with Crippen LogP contribution in [-0.4, -0.2) is 37.9 Å². The fraction of sp³-hybridized carbons (Fsp3) is 0.0769. The monoisotopic (exact) mass is 548 g/mol. The molecule has 0 unspecified atom stereocenters. The molecule has 3 aromatic heterocycles. The van der Waals surface area contributed by atoms with Gasteiger partial charge in [-0.2, -0.15) is 22.7 Å². The topological polar surface area (TPSA) is 110 Å². The van der Waals surface area contributed by atoms with Crippen LogP contribution in [0.4, 0.5) is 24.5 Å². The number of hydrogen-bond donors (Lipinski definition) is 1. The predicted octanol–water partition coefficient (Wildman–Crippen LogP) is 3.14. The first-order chi connectivity index (χ1) is 18.7. The highest BCUT2D eigenvalue weighted by atomic mass is 32.1. The number of alkyl halides is 3. The fourth-order valence-electron chi connectivity index (χ4n) is 4.28. The molecule has 1 N–H and O–H groups in total. The van der Waals surface area contributed by atoms with Gasteiger partial charge in [-0.25, -0.2) is 0 Å². The molecule has 0 bridgehead atoms. The Hall–Kier alpha value is -4.91. The number of hydrogen-bond acceptors (Lipinski definition) is 7. The van der Waals surface area contributed by atoms with Gasteiger partial charge in [-0.3, -0.25) is 24.3 Å². The number of carbonyl (C=O) groups is 2. The fourth-order valence-corrected chi connectivity index (χ4v) is 5.27. The number of para-hydroxylation sites is 1. The minimum Gasteiger partial charge on any atom is -0.325 e. The van der Waals surface area contributed by atoms with Gasteiger partial charge in [0.2, 0.25) is 10.9 Å². The molecule has 39 heavy (non-hydrogen) atoms. The van der Waals surface area contributed by atoms with E-state index >= 15 is 0 Å². The van der Waals surface area contributed by atoms with Gasteiger partial charge in [0.25, 0.3) is 11.5 Å². The third kappa shape index (κ3) is 4.32. The van der Waals surface area contributed by atoms with Crippen molar-refractivity contribution in [2.45, 2.75) is 6.18 Å². The molecule has 1 aliphatic heterocycles. The molecule has 0 atom stereocenters. The van der Waals surface area contributed by atoms with E-state index < -0.39 is 35.7 Å². The maximum atomic E-state index is 13.5. The minimum absolute atomic E-state index is 0.0595. The van der Waals surface area contributed by atoms with Crippen LogP contribution in [0.3, 0.4) is 0 Å². The van der Waals surface area contributed by atoms with E-state index in [1.165, 1.54) is 17.0 Å². The van der Waals surface area contributed by atoms with Crippen LogP contribution in [0.5, 0.6) is 0 Å². The second kappa shape index (κ2) is 9.13. The predicted molar refractivity (Wildman–Crippen MR) is 137 cm³/mol. The van der Waals surface area contributed by atoms with Crippen molar-refractivity contribution in [3.8, 4) is 11.4 Å². The lowest BCUT2D eigenvalue weighted by molar-refractivity contribution is -0.137. The molecule has 13 heteroatoms. The van der Waals surface area contributed by atoms with Crippen LogP contribution in [0, 0.1) is 0 Å². The molecule has 0 radical (unpaired) electrons. The number of nitrogens with one attached hydrogen (secondary N) is 1. The van der Waals surface area contributed by atoms with Crippen molar-refractivity contribution < 1.29 is 22.8 Å². The van der Waals surface area contributed by atoms with Crippen molar-refractivity contribution in [3.05, 3.63) is 99.1 Å². The number of anilines is 2. The van der Waals surface area contributed by atoms with E-state index in [1.807, 2.05) is 0 Å². The molecule has 2 aromatic carbocycles. The smallest absolute Gasteiger partial charge is 0.325 e.